The van der Waals surface area contributed by atoms with Gasteiger partial charge in [-0.15, -0.1) is 0 Å². The van der Waals surface area contributed by atoms with E-state index in [-0.39, 0.29) is 10.8 Å². The lowest BCUT2D eigenvalue weighted by Gasteiger charge is -2.22. The lowest BCUT2D eigenvalue weighted by Crippen LogP contribution is -2.10. The SMILES string of the molecule is CC(C)(C)c1ccc2c(c1)c1ccccc1n2-c1ccc(-c2ccc(C#N)cc2)cc1-c1cccc(-n2c3ccccc3c3cc(C(C)(C)C)ccc32)c1-c1nc(-c2ccccc2)nc(-c2ccccc2)n1. The van der Waals surface area contributed by atoms with Crippen molar-refractivity contribution >= 4 is 43.6 Å². The number of para-hydroxylation sites is 2. The van der Waals surface area contributed by atoms with Crippen molar-refractivity contribution in [2.24, 2.45) is 0 Å². The molecule has 0 bridgehead atoms. The average molecular weight is 929 g/mol. The molecular formula is C66H52N6. The lowest BCUT2D eigenvalue weighted by molar-refractivity contribution is 0.591. The third-order valence-electron chi connectivity index (χ3n) is 14.2. The summed E-state index contributed by atoms with van der Waals surface area (Å²) in [5, 5.41) is 14.5. The molecule has 6 nitrogen and oxygen atoms in total. The normalized spacial score (nSPS) is 12.0. The Labute approximate surface area is 420 Å². The number of nitrogens with zero attached hydrogens (tertiary/aromatic N) is 6. The summed E-state index contributed by atoms with van der Waals surface area (Å²) in [6.07, 6.45) is 0. The predicted molar refractivity (Wildman–Crippen MR) is 298 cm³/mol. The second-order valence-corrected chi connectivity index (χ2v) is 20.8. The highest BCUT2D eigenvalue weighted by molar-refractivity contribution is 6.12. The van der Waals surface area contributed by atoms with Crippen molar-refractivity contribution in [1.29, 1.82) is 5.26 Å². The molecule has 72 heavy (non-hydrogen) atoms. The molecule has 0 radical (unpaired) electrons. The van der Waals surface area contributed by atoms with Gasteiger partial charge >= 0.3 is 0 Å². The summed E-state index contributed by atoms with van der Waals surface area (Å²) in [6.45, 7) is 13.6. The third kappa shape index (κ3) is 7.62. The molecule has 0 aliphatic rings. The van der Waals surface area contributed by atoms with Crippen LogP contribution in [0.3, 0.4) is 0 Å². The first kappa shape index (κ1) is 44.3. The Kier molecular flexibility index (Phi) is 10.6. The number of hydrogen-bond donors (Lipinski definition) is 0. The van der Waals surface area contributed by atoms with Crippen molar-refractivity contribution in [1.82, 2.24) is 24.1 Å². The molecule has 6 heteroatoms. The first-order valence-electron chi connectivity index (χ1n) is 24.7. The third-order valence-corrected chi connectivity index (χ3v) is 14.2. The molecule has 0 amide bonds. The van der Waals surface area contributed by atoms with Crippen LogP contribution in [0.2, 0.25) is 0 Å². The monoisotopic (exact) mass is 928 g/mol. The van der Waals surface area contributed by atoms with E-state index in [2.05, 4.69) is 202 Å². The Morgan fingerprint density at radius 2 is 0.833 bits per heavy atom. The summed E-state index contributed by atoms with van der Waals surface area (Å²) in [7, 11) is 0. The lowest BCUT2D eigenvalue weighted by atomic mass is 9.86. The molecule has 3 aromatic heterocycles. The van der Waals surface area contributed by atoms with E-state index >= 15 is 0 Å². The second-order valence-electron chi connectivity index (χ2n) is 20.8. The van der Waals surface area contributed by atoms with Crippen LogP contribution < -0.4 is 0 Å². The Morgan fingerprint density at radius 1 is 0.361 bits per heavy atom. The Balaban J connectivity index is 1.24. The maximum absolute atomic E-state index is 9.81. The molecule has 0 saturated heterocycles. The summed E-state index contributed by atoms with van der Waals surface area (Å²) >= 11 is 0. The summed E-state index contributed by atoms with van der Waals surface area (Å²) in [4.78, 5) is 16.2. The van der Waals surface area contributed by atoms with E-state index < -0.39 is 0 Å². The molecule has 9 aromatic carbocycles. The largest absolute Gasteiger partial charge is 0.309 e. The zero-order chi connectivity index (χ0) is 49.3. The number of aromatic nitrogens is 5. The smallest absolute Gasteiger partial charge is 0.166 e. The van der Waals surface area contributed by atoms with Crippen LogP contribution >= 0.6 is 0 Å². The molecular weight excluding hydrogens is 877 g/mol. The highest BCUT2D eigenvalue weighted by atomic mass is 15.1. The first-order chi connectivity index (χ1) is 34.9. The van der Waals surface area contributed by atoms with Gasteiger partial charge in [-0.1, -0.05) is 181 Å². The summed E-state index contributed by atoms with van der Waals surface area (Å²) in [5.74, 6) is 1.72. The Morgan fingerprint density at radius 3 is 1.36 bits per heavy atom. The molecule has 0 spiro atoms. The Hall–Kier alpha value is -8.92. The highest BCUT2D eigenvalue weighted by Gasteiger charge is 2.27. The minimum Gasteiger partial charge on any atom is -0.309 e. The number of fused-ring (bicyclic) bond motifs is 6. The maximum atomic E-state index is 9.81. The summed E-state index contributed by atoms with van der Waals surface area (Å²) in [5.41, 5.74) is 16.1. The van der Waals surface area contributed by atoms with Gasteiger partial charge in [0.25, 0.3) is 0 Å². The number of rotatable bonds is 7. The van der Waals surface area contributed by atoms with E-state index in [9.17, 15) is 5.26 Å². The van der Waals surface area contributed by atoms with Crippen LogP contribution in [0, 0.1) is 11.3 Å². The fourth-order valence-electron chi connectivity index (χ4n) is 10.4. The van der Waals surface area contributed by atoms with E-state index in [1.165, 1.54) is 32.7 Å². The van der Waals surface area contributed by atoms with Crippen molar-refractivity contribution < 1.29 is 0 Å². The van der Waals surface area contributed by atoms with Crippen LogP contribution in [0.1, 0.15) is 58.2 Å². The fraction of sp³-hybridized carbons (Fsp3) is 0.121. The summed E-state index contributed by atoms with van der Waals surface area (Å²) in [6, 6.07) is 75.3. The van der Waals surface area contributed by atoms with Crippen molar-refractivity contribution in [3.05, 3.63) is 223 Å². The predicted octanol–water partition coefficient (Wildman–Crippen LogP) is 16.9. The average Bonchev–Trinajstić information content (AvgIpc) is 3.92. The molecule has 0 aliphatic heterocycles. The molecule has 0 aliphatic carbocycles. The van der Waals surface area contributed by atoms with E-state index in [1.807, 2.05) is 60.7 Å². The van der Waals surface area contributed by atoms with E-state index in [0.29, 0.717) is 23.0 Å². The van der Waals surface area contributed by atoms with Crippen molar-refractivity contribution in [2.45, 2.75) is 52.4 Å². The standard InChI is InChI=1S/C66H52N6/c1-65(2,3)47-33-36-58-53(39-47)49-22-13-15-25-55(49)71(58)57-35-32-46(43-30-28-42(41-67)29-31-43)38-52(57)51-24-17-27-60(72-56-26-16-14-23-50(56)54-40-48(66(4,5)6)34-37-59(54)72)61(51)64-69-62(44-18-9-7-10-19-44)68-63(70-64)45-20-11-8-12-21-45/h7-40H,1-6H3. The van der Waals surface area contributed by atoms with Crippen molar-refractivity contribution in [3.8, 4) is 73.9 Å². The number of hydrogen-bond acceptors (Lipinski definition) is 4. The summed E-state index contributed by atoms with van der Waals surface area (Å²) < 4.78 is 4.83. The van der Waals surface area contributed by atoms with Crippen LogP contribution in [-0.2, 0) is 10.8 Å². The fourth-order valence-corrected chi connectivity index (χ4v) is 10.4. The molecule has 346 valence electrons. The molecule has 12 rings (SSSR count). The van der Waals surface area contributed by atoms with Gasteiger partial charge in [0.1, 0.15) is 0 Å². The molecule has 0 atom stereocenters. The second kappa shape index (κ2) is 17.2. The topological polar surface area (TPSA) is 72.3 Å². The van der Waals surface area contributed by atoms with Gasteiger partial charge in [-0.05, 0) is 105 Å². The van der Waals surface area contributed by atoms with E-state index in [1.54, 1.807) is 0 Å². The minimum absolute atomic E-state index is 0.0382. The maximum Gasteiger partial charge on any atom is 0.166 e. The van der Waals surface area contributed by atoms with E-state index in [0.717, 1.165) is 72.4 Å². The zero-order valence-corrected chi connectivity index (χ0v) is 41.3. The van der Waals surface area contributed by atoms with Crippen LogP contribution in [0.25, 0.3) is 111 Å². The van der Waals surface area contributed by atoms with Gasteiger partial charge in [0, 0.05) is 38.2 Å². The first-order valence-corrected chi connectivity index (χ1v) is 24.7. The molecule has 0 saturated carbocycles. The van der Waals surface area contributed by atoms with Gasteiger partial charge < -0.3 is 9.13 Å². The number of nitriles is 1. The minimum atomic E-state index is -0.0491. The van der Waals surface area contributed by atoms with Crippen molar-refractivity contribution in [2.75, 3.05) is 0 Å². The van der Waals surface area contributed by atoms with E-state index in [4.69, 9.17) is 15.0 Å². The molecule has 0 fully saturated rings. The Bertz CT molecular complexity index is 4040. The molecule has 0 unspecified atom stereocenters. The van der Waals surface area contributed by atoms with Crippen LogP contribution in [0.5, 0.6) is 0 Å². The van der Waals surface area contributed by atoms with Gasteiger partial charge in [0.05, 0.1) is 50.6 Å². The molecule has 3 heterocycles. The van der Waals surface area contributed by atoms with Gasteiger partial charge in [-0.2, -0.15) is 5.26 Å². The zero-order valence-electron chi connectivity index (χ0n) is 41.3. The molecule has 12 aromatic rings. The van der Waals surface area contributed by atoms with Crippen LogP contribution in [-0.4, -0.2) is 24.1 Å². The van der Waals surface area contributed by atoms with Gasteiger partial charge in [0.15, 0.2) is 17.5 Å². The molecule has 0 N–H and O–H groups in total. The van der Waals surface area contributed by atoms with Gasteiger partial charge in [-0.25, -0.2) is 15.0 Å². The van der Waals surface area contributed by atoms with Gasteiger partial charge in [-0.3, -0.25) is 0 Å². The van der Waals surface area contributed by atoms with Crippen molar-refractivity contribution in [3.63, 3.8) is 0 Å². The number of benzene rings is 9. The van der Waals surface area contributed by atoms with Gasteiger partial charge in [0.2, 0.25) is 0 Å². The van der Waals surface area contributed by atoms with Crippen LogP contribution in [0.15, 0.2) is 206 Å². The quantitative estimate of drug-likeness (QED) is 0.160. The van der Waals surface area contributed by atoms with Crippen LogP contribution in [0.4, 0.5) is 0 Å². The highest BCUT2D eigenvalue weighted by Crippen LogP contribution is 2.46.